The lowest BCUT2D eigenvalue weighted by Crippen LogP contribution is -2.41. The molecule has 0 heterocycles. The van der Waals surface area contributed by atoms with Crippen molar-refractivity contribution in [3.8, 4) is 5.75 Å². The van der Waals surface area contributed by atoms with E-state index in [0.29, 0.717) is 15.8 Å². The van der Waals surface area contributed by atoms with Crippen molar-refractivity contribution >= 4 is 29.2 Å². The molecule has 2 unspecified atom stereocenters. The van der Waals surface area contributed by atoms with Gasteiger partial charge in [-0.1, -0.05) is 23.2 Å². The van der Waals surface area contributed by atoms with E-state index in [0.717, 1.165) is 0 Å². The van der Waals surface area contributed by atoms with Crippen LogP contribution in [0.5, 0.6) is 5.75 Å². The summed E-state index contributed by atoms with van der Waals surface area (Å²) in [5.41, 5.74) is 0. The highest BCUT2D eigenvalue weighted by atomic mass is 35.5. The van der Waals surface area contributed by atoms with E-state index in [-0.39, 0.29) is 19.1 Å². The Morgan fingerprint density at radius 1 is 1.45 bits per heavy atom. The lowest BCUT2D eigenvalue weighted by molar-refractivity contribution is -0.142. The number of carbonyl (C=O) groups excluding carboxylic acids is 1. The largest absolute Gasteiger partial charge is 0.489 e. The molecule has 1 aromatic rings. The Hall–Kier alpha value is -1.01. The molecule has 0 aromatic heterocycles. The zero-order chi connectivity index (χ0) is 15.1. The quantitative estimate of drug-likeness (QED) is 0.750. The van der Waals surface area contributed by atoms with Gasteiger partial charge in [0.2, 0.25) is 0 Å². The third kappa shape index (κ3) is 5.54. The van der Waals surface area contributed by atoms with E-state index in [2.05, 4.69) is 10.1 Å². The Morgan fingerprint density at radius 3 is 2.75 bits per heavy atom. The summed E-state index contributed by atoms with van der Waals surface area (Å²) in [7, 11) is 1.31. The molecular formula is C13H17Cl2NO4. The van der Waals surface area contributed by atoms with Gasteiger partial charge in [0.1, 0.15) is 24.5 Å². The van der Waals surface area contributed by atoms with Gasteiger partial charge in [0.05, 0.1) is 12.1 Å². The number of halogens is 2. The van der Waals surface area contributed by atoms with Crippen LogP contribution in [0.4, 0.5) is 0 Å². The second-order valence-corrected chi connectivity index (χ2v) is 5.04. The Kier molecular flexibility index (Phi) is 7.09. The summed E-state index contributed by atoms with van der Waals surface area (Å²) in [6.07, 6.45) is -0.783. The average Bonchev–Trinajstić information content (AvgIpc) is 2.42. The van der Waals surface area contributed by atoms with Crippen LogP contribution in [0.1, 0.15) is 6.92 Å². The molecule has 2 N–H and O–H groups in total. The van der Waals surface area contributed by atoms with Crippen LogP contribution in [0.15, 0.2) is 18.2 Å². The summed E-state index contributed by atoms with van der Waals surface area (Å²) in [5, 5.41) is 13.5. The number of benzene rings is 1. The van der Waals surface area contributed by atoms with E-state index in [9.17, 15) is 9.90 Å². The van der Waals surface area contributed by atoms with Crippen LogP contribution in [0.25, 0.3) is 0 Å². The van der Waals surface area contributed by atoms with Crippen LogP contribution in [0.2, 0.25) is 10.0 Å². The number of methoxy groups -OCH3 is 1. The van der Waals surface area contributed by atoms with E-state index < -0.39 is 12.1 Å². The van der Waals surface area contributed by atoms with Gasteiger partial charge in [0, 0.05) is 11.6 Å². The van der Waals surface area contributed by atoms with Crippen molar-refractivity contribution in [1.29, 1.82) is 0 Å². The minimum absolute atomic E-state index is 0.0439. The maximum Gasteiger partial charge on any atom is 0.322 e. The van der Waals surface area contributed by atoms with Crippen LogP contribution in [0, 0.1) is 0 Å². The Balaban J connectivity index is 2.36. The number of hydrogen-bond acceptors (Lipinski definition) is 5. The van der Waals surface area contributed by atoms with Crippen molar-refractivity contribution in [3.05, 3.63) is 28.2 Å². The highest BCUT2D eigenvalue weighted by molar-refractivity contribution is 6.35. The van der Waals surface area contributed by atoms with Crippen LogP contribution in [-0.4, -0.2) is 43.5 Å². The highest BCUT2D eigenvalue weighted by Crippen LogP contribution is 2.27. The summed E-state index contributed by atoms with van der Waals surface area (Å²) in [5.74, 6) is 0.0509. The first-order valence-electron chi connectivity index (χ1n) is 6.01. The molecule has 0 fully saturated rings. The third-order valence-electron chi connectivity index (χ3n) is 2.54. The number of ether oxygens (including phenoxy) is 2. The van der Waals surface area contributed by atoms with Gasteiger partial charge in [-0.3, -0.25) is 4.79 Å². The van der Waals surface area contributed by atoms with Crippen molar-refractivity contribution in [1.82, 2.24) is 5.32 Å². The number of esters is 1. The SMILES string of the molecule is COC(=O)C(C)NCC(O)COc1ccc(Cl)cc1Cl. The second kappa shape index (κ2) is 8.32. The summed E-state index contributed by atoms with van der Waals surface area (Å²) >= 11 is 11.7. The van der Waals surface area contributed by atoms with Gasteiger partial charge in [0.25, 0.3) is 0 Å². The predicted molar refractivity (Wildman–Crippen MR) is 77.4 cm³/mol. The first kappa shape index (κ1) is 17.0. The smallest absolute Gasteiger partial charge is 0.322 e. The van der Waals surface area contributed by atoms with E-state index in [1.807, 2.05) is 0 Å². The minimum atomic E-state index is -0.783. The molecule has 0 amide bonds. The van der Waals surface area contributed by atoms with Gasteiger partial charge >= 0.3 is 5.97 Å². The number of nitrogens with one attached hydrogen (secondary N) is 1. The Bertz CT molecular complexity index is 456. The van der Waals surface area contributed by atoms with Crippen LogP contribution in [0.3, 0.4) is 0 Å². The normalized spacial score (nSPS) is 13.7. The van der Waals surface area contributed by atoms with E-state index in [1.165, 1.54) is 7.11 Å². The monoisotopic (exact) mass is 321 g/mol. The fourth-order valence-electron chi connectivity index (χ4n) is 1.41. The summed E-state index contributed by atoms with van der Waals surface area (Å²) < 4.78 is 9.93. The molecule has 112 valence electrons. The summed E-state index contributed by atoms with van der Waals surface area (Å²) in [6, 6.07) is 4.34. The highest BCUT2D eigenvalue weighted by Gasteiger charge is 2.14. The van der Waals surface area contributed by atoms with Gasteiger partial charge in [-0.05, 0) is 25.1 Å². The molecule has 0 aliphatic rings. The average molecular weight is 322 g/mol. The van der Waals surface area contributed by atoms with Gasteiger partial charge < -0.3 is 19.9 Å². The summed E-state index contributed by atoms with van der Waals surface area (Å²) in [6.45, 7) is 1.89. The van der Waals surface area contributed by atoms with Crippen molar-refractivity contribution in [3.63, 3.8) is 0 Å². The lowest BCUT2D eigenvalue weighted by atomic mass is 10.3. The number of carbonyl (C=O) groups is 1. The van der Waals surface area contributed by atoms with Crippen molar-refractivity contribution in [2.45, 2.75) is 19.1 Å². The minimum Gasteiger partial charge on any atom is -0.489 e. The second-order valence-electron chi connectivity index (χ2n) is 4.19. The number of hydrogen-bond donors (Lipinski definition) is 2. The number of aliphatic hydroxyl groups is 1. The molecule has 20 heavy (non-hydrogen) atoms. The molecule has 5 nitrogen and oxygen atoms in total. The molecule has 0 saturated heterocycles. The zero-order valence-electron chi connectivity index (χ0n) is 11.2. The predicted octanol–water partition coefficient (Wildman–Crippen LogP) is 1.88. The molecule has 1 rings (SSSR count). The molecule has 7 heteroatoms. The number of rotatable bonds is 7. The fourth-order valence-corrected chi connectivity index (χ4v) is 1.87. The number of aliphatic hydroxyl groups excluding tert-OH is 1. The van der Waals surface area contributed by atoms with Crippen molar-refractivity contribution in [2.75, 3.05) is 20.3 Å². The molecule has 1 aromatic carbocycles. The Labute approximate surface area is 127 Å². The molecule has 0 spiro atoms. The van der Waals surface area contributed by atoms with Crippen LogP contribution < -0.4 is 10.1 Å². The maximum absolute atomic E-state index is 11.2. The maximum atomic E-state index is 11.2. The first-order valence-corrected chi connectivity index (χ1v) is 6.76. The van der Waals surface area contributed by atoms with Crippen molar-refractivity contribution < 1.29 is 19.4 Å². The van der Waals surface area contributed by atoms with Crippen molar-refractivity contribution in [2.24, 2.45) is 0 Å². The molecule has 2 atom stereocenters. The fraction of sp³-hybridized carbons (Fsp3) is 0.462. The van der Waals surface area contributed by atoms with Gasteiger partial charge in [-0.25, -0.2) is 0 Å². The molecule has 0 aliphatic carbocycles. The molecule has 0 aliphatic heterocycles. The van der Waals surface area contributed by atoms with E-state index in [1.54, 1.807) is 25.1 Å². The summed E-state index contributed by atoms with van der Waals surface area (Å²) in [4.78, 5) is 11.2. The van der Waals surface area contributed by atoms with Gasteiger partial charge in [0.15, 0.2) is 0 Å². The van der Waals surface area contributed by atoms with Gasteiger partial charge in [-0.2, -0.15) is 0 Å². The van der Waals surface area contributed by atoms with Crippen LogP contribution >= 0.6 is 23.2 Å². The van der Waals surface area contributed by atoms with E-state index in [4.69, 9.17) is 27.9 Å². The molecule has 0 saturated carbocycles. The third-order valence-corrected chi connectivity index (χ3v) is 3.07. The molecular weight excluding hydrogens is 305 g/mol. The van der Waals surface area contributed by atoms with E-state index >= 15 is 0 Å². The molecule has 0 bridgehead atoms. The van der Waals surface area contributed by atoms with Crippen LogP contribution in [-0.2, 0) is 9.53 Å². The standard InChI is InChI=1S/C13H17Cl2NO4/c1-8(13(18)19-2)16-6-10(17)7-20-12-4-3-9(14)5-11(12)15/h3-5,8,10,16-17H,6-7H2,1-2H3. The zero-order valence-corrected chi connectivity index (χ0v) is 12.7. The van der Waals surface area contributed by atoms with Gasteiger partial charge in [-0.15, -0.1) is 0 Å². The Morgan fingerprint density at radius 2 is 2.15 bits per heavy atom. The lowest BCUT2D eigenvalue weighted by Gasteiger charge is -2.16. The topological polar surface area (TPSA) is 67.8 Å². The molecule has 0 radical (unpaired) electrons. The first-order chi connectivity index (χ1) is 9.43.